The third kappa shape index (κ3) is 5.58. The Kier molecular flexibility index (Phi) is 7.98. The summed E-state index contributed by atoms with van der Waals surface area (Å²) < 4.78 is 10.6. The van der Waals surface area contributed by atoms with E-state index in [0.717, 1.165) is 5.56 Å². The highest BCUT2D eigenvalue weighted by Gasteiger charge is 2.17. The molecule has 0 spiro atoms. The number of amides is 1. The molecule has 3 N–H and O–H groups in total. The van der Waals surface area contributed by atoms with E-state index < -0.39 is 5.54 Å². The lowest BCUT2D eigenvalue weighted by molar-refractivity contribution is 0.0945. The number of nitrogens with two attached hydrogens (primary N) is 1. The second kappa shape index (κ2) is 8.66. The maximum atomic E-state index is 12.2. The molecule has 0 atom stereocenters. The summed E-state index contributed by atoms with van der Waals surface area (Å²) in [7, 11) is 3.11. The molecule has 0 aliphatic heterocycles. The first kappa shape index (κ1) is 20.3. The third-order valence-corrected chi connectivity index (χ3v) is 2.89. The first-order valence-electron chi connectivity index (χ1n) is 6.75. The number of carbonyl (C=O) groups excluding carboxylic acids is 1. The normalized spacial score (nSPS) is 10.4. The molecule has 0 saturated carbocycles. The Balaban J connectivity index is 0.00000441. The molecular formula is C16H25ClN2O3. The minimum Gasteiger partial charge on any atom is -0.493 e. The van der Waals surface area contributed by atoms with Gasteiger partial charge in [0.1, 0.15) is 0 Å². The number of carbonyl (C=O) groups is 1. The fraction of sp³-hybridized carbons (Fsp3) is 0.438. The molecule has 5 nitrogen and oxygen atoms in total. The molecule has 0 radical (unpaired) electrons. The van der Waals surface area contributed by atoms with Gasteiger partial charge in [-0.15, -0.1) is 19.0 Å². The average Bonchev–Trinajstić information content (AvgIpc) is 2.43. The molecule has 1 amide bonds. The predicted molar refractivity (Wildman–Crippen MR) is 91.3 cm³/mol. The van der Waals surface area contributed by atoms with Crippen LogP contribution in [0.2, 0.25) is 0 Å². The van der Waals surface area contributed by atoms with Gasteiger partial charge in [0.2, 0.25) is 0 Å². The summed E-state index contributed by atoms with van der Waals surface area (Å²) in [6.07, 6.45) is 2.34. The van der Waals surface area contributed by atoms with Gasteiger partial charge in [0.15, 0.2) is 11.5 Å². The molecule has 6 heteroatoms. The van der Waals surface area contributed by atoms with E-state index in [1.54, 1.807) is 32.4 Å². The number of allylic oxidation sites excluding steroid dienone is 1. The van der Waals surface area contributed by atoms with Crippen molar-refractivity contribution >= 4 is 18.3 Å². The molecule has 0 bridgehead atoms. The fourth-order valence-electron chi connectivity index (χ4n) is 1.89. The lowest BCUT2D eigenvalue weighted by atomic mass is 10.0. The topological polar surface area (TPSA) is 73.6 Å². The molecule has 0 aliphatic rings. The zero-order valence-electron chi connectivity index (χ0n) is 13.6. The van der Waals surface area contributed by atoms with Crippen molar-refractivity contribution in [3.8, 4) is 11.5 Å². The summed E-state index contributed by atoms with van der Waals surface area (Å²) >= 11 is 0. The van der Waals surface area contributed by atoms with Gasteiger partial charge in [-0.1, -0.05) is 6.08 Å². The van der Waals surface area contributed by atoms with Crippen molar-refractivity contribution < 1.29 is 14.3 Å². The molecule has 124 valence electrons. The Labute approximate surface area is 138 Å². The number of rotatable bonds is 7. The van der Waals surface area contributed by atoms with Gasteiger partial charge in [0.25, 0.3) is 5.91 Å². The highest BCUT2D eigenvalue weighted by molar-refractivity contribution is 5.95. The predicted octanol–water partition coefficient (Wildman–Crippen LogP) is 2.32. The summed E-state index contributed by atoms with van der Waals surface area (Å²) in [5.74, 6) is 0.946. The quantitative estimate of drug-likeness (QED) is 0.753. The van der Waals surface area contributed by atoms with Crippen molar-refractivity contribution in [1.82, 2.24) is 5.32 Å². The highest BCUT2D eigenvalue weighted by atomic mass is 35.5. The molecule has 0 heterocycles. The average molecular weight is 329 g/mol. The van der Waals surface area contributed by atoms with Crippen molar-refractivity contribution in [1.29, 1.82) is 0 Å². The van der Waals surface area contributed by atoms with Crippen molar-refractivity contribution in [2.24, 2.45) is 5.73 Å². The first-order chi connectivity index (χ1) is 9.82. The molecule has 1 rings (SSSR count). The SMILES string of the molecule is C=CCc1cc(C(=O)NCC(C)(C)N)cc(OC)c1OC.Cl. The Hall–Kier alpha value is -1.72. The summed E-state index contributed by atoms with van der Waals surface area (Å²) in [4.78, 5) is 12.2. The summed E-state index contributed by atoms with van der Waals surface area (Å²) in [5, 5.41) is 2.81. The number of benzene rings is 1. The summed E-state index contributed by atoms with van der Waals surface area (Å²) in [5.41, 5.74) is 6.77. The Morgan fingerprint density at radius 3 is 2.45 bits per heavy atom. The van der Waals surface area contributed by atoms with Gasteiger partial charge in [0, 0.05) is 23.2 Å². The number of hydrogen-bond donors (Lipinski definition) is 2. The maximum absolute atomic E-state index is 12.2. The molecule has 0 fully saturated rings. The molecule has 0 aliphatic carbocycles. The van der Waals surface area contributed by atoms with Gasteiger partial charge in [0.05, 0.1) is 14.2 Å². The van der Waals surface area contributed by atoms with Crippen molar-refractivity contribution in [3.63, 3.8) is 0 Å². The van der Waals surface area contributed by atoms with Gasteiger partial charge >= 0.3 is 0 Å². The Bertz CT molecular complexity index is 525. The fourth-order valence-corrected chi connectivity index (χ4v) is 1.89. The smallest absolute Gasteiger partial charge is 0.251 e. The molecule has 1 aromatic carbocycles. The van der Waals surface area contributed by atoms with Crippen LogP contribution in [-0.2, 0) is 6.42 Å². The van der Waals surface area contributed by atoms with Crippen molar-refractivity contribution in [2.75, 3.05) is 20.8 Å². The van der Waals surface area contributed by atoms with Crippen LogP contribution in [0.15, 0.2) is 24.8 Å². The minimum atomic E-state index is -0.462. The summed E-state index contributed by atoms with van der Waals surface area (Å²) in [6.45, 7) is 7.81. The van der Waals surface area contributed by atoms with Crippen LogP contribution in [0.1, 0.15) is 29.8 Å². The molecule has 0 saturated heterocycles. The molecule has 22 heavy (non-hydrogen) atoms. The van der Waals surface area contributed by atoms with Gasteiger partial charge in [-0.2, -0.15) is 0 Å². The van der Waals surface area contributed by atoms with E-state index >= 15 is 0 Å². The van der Waals surface area contributed by atoms with Gasteiger partial charge in [-0.05, 0) is 32.4 Å². The van der Waals surface area contributed by atoms with E-state index in [1.165, 1.54) is 0 Å². The zero-order valence-corrected chi connectivity index (χ0v) is 14.4. The van der Waals surface area contributed by atoms with E-state index in [1.807, 2.05) is 13.8 Å². The number of methoxy groups -OCH3 is 2. The van der Waals surface area contributed by atoms with Crippen LogP contribution < -0.4 is 20.5 Å². The lowest BCUT2D eigenvalue weighted by Gasteiger charge is -2.19. The Morgan fingerprint density at radius 2 is 2.00 bits per heavy atom. The van der Waals surface area contributed by atoms with Gasteiger partial charge < -0.3 is 20.5 Å². The van der Waals surface area contributed by atoms with Crippen molar-refractivity contribution in [2.45, 2.75) is 25.8 Å². The van der Waals surface area contributed by atoms with Gasteiger partial charge in [-0.25, -0.2) is 0 Å². The number of halogens is 1. The van der Waals surface area contributed by atoms with E-state index in [9.17, 15) is 4.79 Å². The third-order valence-electron chi connectivity index (χ3n) is 2.89. The van der Waals surface area contributed by atoms with E-state index in [-0.39, 0.29) is 18.3 Å². The lowest BCUT2D eigenvalue weighted by Crippen LogP contribution is -2.45. The highest BCUT2D eigenvalue weighted by Crippen LogP contribution is 2.33. The van der Waals surface area contributed by atoms with Crippen LogP contribution in [0, 0.1) is 0 Å². The van der Waals surface area contributed by atoms with Crippen LogP contribution in [0.3, 0.4) is 0 Å². The standard InChI is InChI=1S/C16H24N2O3.ClH/c1-6-7-11-8-12(9-13(20-4)14(11)21-5)15(19)18-10-16(2,3)17;/h6,8-9H,1,7,10,17H2,2-5H3,(H,18,19);1H. The first-order valence-corrected chi connectivity index (χ1v) is 6.75. The monoisotopic (exact) mass is 328 g/mol. The summed E-state index contributed by atoms with van der Waals surface area (Å²) in [6, 6.07) is 3.44. The van der Waals surface area contributed by atoms with Crippen LogP contribution in [0.25, 0.3) is 0 Å². The number of ether oxygens (including phenoxy) is 2. The molecule has 0 unspecified atom stereocenters. The number of nitrogens with one attached hydrogen (secondary N) is 1. The number of hydrogen-bond acceptors (Lipinski definition) is 4. The Morgan fingerprint density at radius 1 is 1.36 bits per heavy atom. The maximum Gasteiger partial charge on any atom is 0.251 e. The zero-order chi connectivity index (χ0) is 16.0. The molecule has 1 aromatic rings. The minimum absolute atomic E-state index is 0. The molecular weight excluding hydrogens is 304 g/mol. The second-order valence-corrected chi connectivity index (χ2v) is 5.53. The molecule has 0 aromatic heterocycles. The van der Waals surface area contributed by atoms with Crippen LogP contribution in [0.4, 0.5) is 0 Å². The van der Waals surface area contributed by atoms with Gasteiger partial charge in [-0.3, -0.25) is 4.79 Å². The van der Waals surface area contributed by atoms with E-state index in [0.29, 0.717) is 30.0 Å². The van der Waals surface area contributed by atoms with E-state index in [4.69, 9.17) is 15.2 Å². The largest absolute Gasteiger partial charge is 0.493 e. The second-order valence-electron chi connectivity index (χ2n) is 5.53. The van der Waals surface area contributed by atoms with E-state index in [2.05, 4.69) is 11.9 Å². The van der Waals surface area contributed by atoms with Crippen LogP contribution in [0.5, 0.6) is 11.5 Å². The van der Waals surface area contributed by atoms with Crippen molar-refractivity contribution in [3.05, 3.63) is 35.9 Å². The van der Waals surface area contributed by atoms with Crippen LogP contribution >= 0.6 is 12.4 Å². The van der Waals surface area contributed by atoms with Crippen LogP contribution in [-0.4, -0.2) is 32.2 Å².